The highest BCUT2D eigenvalue weighted by Gasteiger charge is 2.34. The van der Waals surface area contributed by atoms with Crippen LogP contribution in [0.15, 0.2) is 22.8 Å². The second kappa shape index (κ2) is 7.65. The summed E-state index contributed by atoms with van der Waals surface area (Å²) in [6.07, 6.45) is 3.02. The van der Waals surface area contributed by atoms with Crippen molar-refractivity contribution in [3.05, 3.63) is 24.2 Å². The van der Waals surface area contributed by atoms with Gasteiger partial charge in [0.05, 0.1) is 11.8 Å². The molecule has 1 aromatic rings. The maximum absolute atomic E-state index is 12.4. The molecule has 2 heterocycles. The van der Waals surface area contributed by atoms with Gasteiger partial charge in [-0.25, -0.2) is 0 Å². The zero-order valence-electron chi connectivity index (χ0n) is 13.1. The first-order valence-corrected chi connectivity index (χ1v) is 7.36. The van der Waals surface area contributed by atoms with Crippen molar-refractivity contribution in [2.75, 3.05) is 26.2 Å². The fourth-order valence-electron chi connectivity index (χ4n) is 2.66. The Labute approximate surface area is 137 Å². The molecule has 1 aliphatic rings. The number of nitrogens with two attached hydrogens (primary N) is 1. The normalized spacial score (nSPS) is 17.6. The van der Waals surface area contributed by atoms with E-state index in [0.717, 1.165) is 6.42 Å². The van der Waals surface area contributed by atoms with E-state index in [2.05, 4.69) is 0 Å². The van der Waals surface area contributed by atoms with Crippen LogP contribution < -0.4 is 5.73 Å². The van der Waals surface area contributed by atoms with Crippen LogP contribution in [-0.4, -0.2) is 53.3 Å². The van der Waals surface area contributed by atoms with E-state index in [0.29, 0.717) is 38.4 Å². The summed E-state index contributed by atoms with van der Waals surface area (Å²) >= 11 is 0. The highest BCUT2D eigenvalue weighted by molar-refractivity contribution is 5.92. The van der Waals surface area contributed by atoms with Crippen LogP contribution in [0.1, 0.15) is 37.2 Å². The molecule has 2 rings (SSSR count). The Morgan fingerprint density at radius 3 is 2.36 bits per heavy atom. The van der Waals surface area contributed by atoms with Gasteiger partial charge in [-0.2, -0.15) is 0 Å². The van der Waals surface area contributed by atoms with Crippen LogP contribution in [0.4, 0.5) is 0 Å². The van der Waals surface area contributed by atoms with Gasteiger partial charge in [0, 0.05) is 26.2 Å². The average molecular weight is 330 g/mol. The predicted molar refractivity (Wildman–Crippen MR) is 85.9 cm³/mol. The van der Waals surface area contributed by atoms with Crippen LogP contribution in [0.5, 0.6) is 0 Å². The molecule has 1 unspecified atom stereocenters. The van der Waals surface area contributed by atoms with Gasteiger partial charge in [-0.15, -0.1) is 12.4 Å². The molecule has 0 radical (unpaired) electrons. The van der Waals surface area contributed by atoms with Gasteiger partial charge in [0.25, 0.3) is 5.91 Å². The third kappa shape index (κ3) is 4.01. The topological polar surface area (TPSA) is 79.8 Å². The summed E-state index contributed by atoms with van der Waals surface area (Å²) in [5, 5.41) is 0. The highest BCUT2D eigenvalue weighted by Crippen LogP contribution is 2.16. The zero-order chi connectivity index (χ0) is 15.5. The Balaban J connectivity index is 0.00000242. The lowest BCUT2D eigenvalue weighted by Gasteiger charge is -2.38. The van der Waals surface area contributed by atoms with Crippen molar-refractivity contribution < 1.29 is 14.0 Å². The smallest absolute Gasteiger partial charge is 0.289 e. The van der Waals surface area contributed by atoms with Gasteiger partial charge in [-0.05, 0) is 25.5 Å². The van der Waals surface area contributed by atoms with E-state index in [1.165, 1.54) is 6.26 Å². The maximum Gasteiger partial charge on any atom is 0.289 e. The molecule has 1 atom stereocenters. The summed E-state index contributed by atoms with van der Waals surface area (Å²) in [4.78, 5) is 28.0. The van der Waals surface area contributed by atoms with Crippen molar-refractivity contribution in [2.45, 2.75) is 32.2 Å². The van der Waals surface area contributed by atoms with Gasteiger partial charge < -0.3 is 20.0 Å². The molecule has 2 N–H and O–H groups in total. The van der Waals surface area contributed by atoms with Crippen molar-refractivity contribution in [2.24, 2.45) is 5.73 Å². The van der Waals surface area contributed by atoms with Gasteiger partial charge in [0.2, 0.25) is 5.91 Å². The van der Waals surface area contributed by atoms with E-state index >= 15 is 0 Å². The largest absolute Gasteiger partial charge is 0.459 e. The second-order valence-electron chi connectivity index (χ2n) is 5.73. The van der Waals surface area contributed by atoms with Crippen molar-refractivity contribution >= 4 is 24.2 Å². The Morgan fingerprint density at radius 1 is 1.27 bits per heavy atom. The van der Waals surface area contributed by atoms with Crippen LogP contribution in [0.25, 0.3) is 0 Å². The fourth-order valence-corrected chi connectivity index (χ4v) is 2.66. The molecular weight excluding hydrogens is 306 g/mol. The molecule has 1 saturated heterocycles. The zero-order valence-corrected chi connectivity index (χ0v) is 13.9. The molecule has 0 aliphatic carbocycles. The number of halogens is 1. The second-order valence-corrected chi connectivity index (χ2v) is 5.73. The Morgan fingerprint density at radius 2 is 1.86 bits per heavy atom. The Kier molecular flexibility index (Phi) is 6.44. The summed E-state index contributed by atoms with van der Waals surface area (Å²) in [7, 11) is 0. The fraction of sp³-hybridized carbons (Fsp3) is 0.600. The van der Waals surface area contributed by atoms with Gasteiger partial charge >= 0.3 is 0 Å². The molecule has 22 heavy (non-hydrogen) atoms. The standard InChI is InChI=1S/C15H23N3O3.ClH/c1-3-6-15(2,16)14(20)18-9-7-17(8-10-18)13(19)12-5-4-11-21-12;/h4-5,11H,3,6-10,16H2,1-2H3;1H. The number of carbonyl (C=O) groups is 2. The van der Waals surface area contributed by atoms with Crippen LogP contribution in [0.3, 0.4) is 0 Å². The molecule has 124 valence electrons. The van der Waals surface area contributed by atoms with Crippen LogP contribution in [0, 0.1) is 0 Å². The summed E-state index contributed by atoms with van der Waals surface area (Å²) < 4.78 is 5.12. The van der Waals surface area contributed by atoms with Gasteiger partial charge in [0.15, 0.2) is 5.76 Å². The lowest BCUT2D eigenvalue weighted by molar-refractivity contribution is -0.138. The van der Waals surface area contributed by atoms with Crippen molar-refractivity contribution in [3.63, 3.8) is 0 Å². The molecule has 1 aliphatic heterocycles. The van der Waals surface area contributed by atoms with E-state index in [-0.39, 0.29) is 24.2 Å². The molecule has 2 amide bonds. The van der Waals surface area contributed by atoms with E-state index < -0.39 is 5.54 Å². The SMILES string of the molecule is CCCC(C)(N)C(=O)N1CCN(C(=O)c2ccco2)CC1.Cl. The molecule has 1 fully saturated rings. The number of furan rings is 1. The Hall–Kier alpha value is -1.53. The van der Waals surface area contributed by atoms with Crippen molar-refractivity contribution in [3.8, 4) is 0 Å². The number of hydrogen-bond acceptors (Lipinski definition) is 4. The quantitative estimate of drug-likeness (QED) is 0.908. The summed E-state index contributed by atoms with van der Waals surface area (Å²) in [5.41, 5.74) is 5.27. The summed E-state index contributed by atoms with van der Waals surface area (Å²) in [6, 6.07) is 3.34. The van der Waals surface area contributed by atoms with Gasteiger partial charge in [0.1, 0.15) is 0 Å². The van der Waals surface area contributed by atoms with E-state index in [1.807, 2.05) is 6.92 Å². The number of amides is 2. The number of rotatable bonds is 4. The third-order valence-electron chi connectivity index (χ3n) is 3.84. The first-order valence-electron chi connectivity index (χ1n) is 7.36. The number of hydrogen-bond donors (Lipinski definition) is 1. The lowest BCUT2D eigenvalue weighted by atomic mass is 9.95. The lowest BCUT2D eigenvalue weighted by Crippen LogP contribution is -2.58. The number of nitrogens with zero attached hydrogens (tertiary/aromatic N) is 2. The maximum atomic E-state index is 12.4. The Bertz CT molecular complexity index is 494. The molecule has 7 heteroatoms. The minimum atomic E-state index is -0.818. The third-order valence-corrected chi connectivity index (χ3v) is 3.84. The predicted octanol–water partition coefficient (Wildman–Crippen LogP) is 1.50. The molecule has 0 aromatic carbocycles. The molecule has 6 nitrogen and oxygen atoms in total. The van der Waals surface area contributed by atoms with Crippen LogP contribution >= 0.6 is 12.4 Å². The van der Waals surface area contributed by atoms with E-state index in [1.54, 1.807) is 28.9 Å². The van der Waals surface area contributed by atoms with Crippen LogP contribution in [-0.2, 0) is 4.79 Å². The summed E-state index contributed by atoms with van der Waals surface area (Å²) in [6.45, 7) is 5.84. The minimum Gasteiger partial charge on any atom is -0.459 e. The molecule has 1 aromatic heterocycles. The van der Waals surface area contributed by atoms with Gasteiger partial charge in [-0.3, -0.25) is 9.59 Å². The molecular formula is C15H24ClN3O3. The monoisotopic (exact) mass is 329 g/mol. The van der Waals surface area contributed by atoms with Crippen LogP contribution in [0.2, 0.25) is 0 Å². The highest BCUT2D eigenvalue weighted by atomic mass is 35.5. The summed E-state index contributed by atoms with van der Waals surface area (Å²) in [5.74, 6) is 0.176. The first kappa shape index (κ1) is 18.5. The molecule has 0 bridgehead atoms. The first-order chi connectivity index (χ1) is 9.95. The van der Waals surface area contributed by atoms with E-state index in [9.17, 15) is 9.59 Å². The number of piperazine rings is 1. The van der Waals surface area contributed by atoms with Gasteiger partial charge in [-0.1, -0.05) is 13.3 Å². The average Bonchev–Trinajstić information content (AvgIpc) is 3.00. The molecule has 0 spiro atoms. The minimum absolute atomic E-state index is 0. The number of carbonyl (C=O) groups excluding carboxylic acids is 2. The molecule has 0 saturated carbocycles. The van der Waals surface area contributed by atoms with Crippen molar-refractivity contribution in [1.29, 1.82) is 0 Å². The van der Waals surface area contributed by atoms with E-state index in [4.69, 9.17) is 10.2 Å². The van der Waals surface area contributed by atoms with Crippen molar-refractivity contribution in [1.82, 2.24) is 9.80 Å².